The average molecular weight is 180 g/mol. The summed E-state index contributed by atoms with van der Waals surface area (Å²) in [4.78, 5) is 22.7. The Bertz CT molecular complexity index is 295. The van der Waals surface area contributed by atoms with Crippen molar-refractivity contribution in [3.63, 3.8) is 0 Å². The fraction of sp³-hybridized carbons (Fsp3) is 0.500. The van der Waals surface area contributed by atoms with Gasteiger partial charge in [0, 0.05) is 0 Å². The van der Waals surface area contributed by atoms with Crippen LogP contribution in [0.25, 0.3) is 0 Å². The minimum atomic E-state index is -0.330. The lowest BCUT2D eigenvalue weighted by atomic mass is 9.81. The van der Waals surface area contributed by atoms with E-state index in [-0.39, 0.29) is 35.9 Å². The zero-order chi connectivity index (χ0) is 9.00. The molecule has 0 radical (unpaired) electrons. The highest BCUT2D eigenvalue weighted by Crippen LogP contribution is 2.40. The number of ether oxygens (including phenoxy) is 1. The van der Waals surface area contributed by atoms with E-state index in [0.717, 1.165) is 0 Å². The number of rotatable bonds is 0. The van der Waals surface area contributed by atoms with Crippen molar-refractivity contribution < 1.29 is 14.3 Å². The third-order valence-corrected chi connectivity index (χ3v) is 2.81. The highest BCUT2D eigenvalue weighted by molar-refractivity contribution is 5.94. The Balaban J connectivity index is 2.03. The quantitative estimate of drug-likeness (QED) is 0.456. The molecular formula is C8H8N2O3. The second kappa shape index (κ2) is 2.11. The monoisotopic (exact) mass is 180 g/mol. The van der Waals surface area contributed by atoms with Gasteiger partial charge in [-0.05, 0) is 0 Å². The van der Waals surface area contributed by atoms with Crippen LogP contribution in [0.5, 0.6) is 0 Å². The molecule has 2 saturated heterocycles. The van der Waals surface area contributed by atoms with Gasteiger partial charge in [0.15, 0.2) is 0 Å². The molecule has 0 aromatic heterocycles. The van der Waals surface area contributed by atoms with Crippen LogP contribution in [-0.4, -0.2) is 24.0 Å². The van der Waals surface area contributed by atoms with Crippen molar-refractivity contribution in [2.75, 3.05) is 0 Å². The summed E-state index contributed by atoms with van der Waals surface area (Å²) in [5.41, 5.74) is 4.67. The Labute approximate surface area is 74.1 Å². The van der Waals surface area contributed by atoms with E-state index in [2.05, 4.69) is 10.9 Å². The highest BCUT2D eigenvalue weighted by Gasteiger charge is 2.54. The molecule has 0 aromatic rings. The predicted octanol–water partition coefficient (Wildman–Crippen LogP) is -1.28. The molecule has 2 amide bonds. The van der Waals surface area contributed by atoms with Crippen LogP contribution >= 0.6 is 0 Å². The molecule has 0 saturated carbocycles. The maximum atomic E-state index is 11.4. The third-order valence-electron chi connectivity index (χ3n) is 2.81. The Morgan fingerprint density at radius 1 is 1.00 bits per heavy atom. The summed E-state index contributed by atoms with van der Waals surface area (Å²) in [6, 6.07) is 0. The maximum Gasteiger partial charge on any atom is 0.245 e. The first kappa shape index (κ1) is 7.08. The largest absolute Gasteiger partial charge is 0.365 e. The molecule has 13 heavy (non-hydrogen) atoms. The second-order valence-corrected chi connectivity index (χ2v) is 3.48. The van der Waals surface area contributed by atoms with E-state index < -0.39 is 0 Å². The molecule has 5 nitrogen and oxygen atoms in total. The van der Waals surface area contributed by atoms with Gasteiger partial charge in [-0.1, -0.05) is 12.2 Å². The molecule has 0 aliphatic carbocycles. The molecule has 3 aliphatic rings. The van der Waals surface area contributed by atoms with Crippen LogP contribution in [0.15, 0.2) is 12.2 Å². The summed E-state index contributed by atoms with van der Waals surface area (Å²) in [7, 11) is 0. The van der Waals surface area contributed by atoms with Crippen LogP contribution in [0.2, 0.25) is 0 Å². The first-order valence-electron chi connectivity index (χ1n) is 4.21. The molecule has 3 rings (SSSR count). The number of carbonyl (C=O) groups excluding carboxylic acids is 2. The summed E-state index contributed by atoms with van der Waals surface area (Å²) in [5.74, 6) is -0.963. The molecule has 0 spiro atoms. The number of fused-ring (bicyclic) bond motifs is 5. The Hall–Kier alpha value is -1.36. The topological polar surface area (TPSA) is 67.4 Å². The minimum Gasteiger partial charge on any atom is -0.365 e. The number of nitrogens with one attached hydrogen (secondary N) is 2. The second-order valence-electron chi connectivity index (χ2n) is 3.48. The number of hydrogen-bond acceptors (Lipinski definition) is 3. The highest BCUT2D eigenvalue weighted by atomic mass is 16.5. The van der Waals surface area contributed by atoms with Crippen molar-refractivity contribution in [1.82, 2.24) is 10.9 Å². The van der Waals surface area contributed by atoms with Crippen molar-refractivity contribution in [1.29, 1.82) is 0 Å². The van der Waals surface area contributed by atoms with Crippen LogP contribution in [0.3, 0.4) is 0 Å². The Morgan fingerprint density at radius 3 is 1.92 bits per heavy atom. The predicted molar refractivity (Wildman–Crippen MR) is 41.1 cm³/mol. The SMILES string of the molecule is O=C1NNC(=O)[C@H]2[C@H]1[C@@H]1C=C[C@H]2O1. The lowest BCUT2D eigenvalue weighted by molar-refractivity contribution is -0.142. The van der Waals surface area contributed by atoms with E-state index in [4.69, 9.17) is 4.74 Å². The summed E-state index contributed by atoms with van der Waals surface area (Å²) >= 11 is 0. The van der Waals surface area contributed by atoms with Gasteiger partial charge in [0.05, 0.1) is 24.0 Å². The summed E-state index contributed by atoms with van der Waals surface area (Å²) in [5, 5.41) is 0. The van der Waals surface area contributed by atoms with Gasteiger partial charge in [0.25, 0.3) is 0 Å². The maximum absolute atomic E-state index is 11.4. The summed E-state index contributed by atoms with van der Waals surface area (Å²) in [6.45, 7) is 0. The Morgan fingerprint density at radius 2 is 1.46 bits per heavy atom. The molecule has 5 heteroatoms. The molecule has 0 unspecified atom stereocenters. The zero-order valence-corrected chi connectivity index (χ0v) is 6.69. The van der Waals surface area contributed by atoms with Crippen LogP contribution in [0.4, 0.5) is 0 Å². The molecule has 68 valence electrons. The van der Waals surface area contributed by atoms with E-state index in [1.165, 1.54) is 0 Å². The molecule has 2 N–H and O–H groups in total. The normalized spacial score (nSPS) is 45.8. The van der Waals surface area contributed by atoms with Gasteiger partial charge < -0.3 is 4.74 Å². The first-order valence-corrected chi connectivity index (χ1v) is 4.21. The van der Waals surface area contributed by atoms with E-state index in [0.29, 0.717) is 0 Å². The molecule has 3 aliphatic heterocycles. The van der Waals surface area contributed by atoms with E-state index in [1.807, 2.05) is 12.2 Å². The van der Waals surface area contributed by atoms with Crippen LogP contribution in [-0.2, 0) is 14.3 Å². The lowest BCUT2D eigenvalue weighted by Gasteiger charge is -2.28. The van der Waals surface area contributed by atoms with Crippen LogP contribution in [0, 0.1) is 11.8 Å². The summed E-state index contributed by atoms with van der Waals surface area (Å²) < 4.78 is 5.43. The van der Waals surface area contributed by atoms with Crippen molar-refractivity contribution in [2.24, 2.45) is 11.8 Å². The van der Waals surface area contributed by atoms with E-state index >= 15 is 0 Å². The van der Waals surface area contributed by atoms with Gasteiger partial charge in [-0.25, -0.2) is 0 Å². The van der Waals surface area contributed by atoms with E-state index in [1.54, 1.807) is 0 Å². The fourth-order valence-electron chi connectivity index (χ4n) is 2.22. The number of carbonyl (C=O) groups is 2. The Kier molecular flexibility index (Phi) is 1.15. The van der Waals surface area contributed by atoms with E-state index in [9.17, 15) is 9.59 Å². The van der Waals surface area contributed by atoms with Crippen molar-refractivity contribution in [3.8, 4) is 0 Å². The van der Waals surface area contributed by atoms with Crippen molar-refractivity contribution in [2.45, 2.75) is 12.2 Å². The number of hydrazine groups is 1. The average Bonchev–Trinajstić information content (AvgIpc) is 2.70. The molecule has 2 fully saturated rings. The molecule has 4 atom stereocenters. The molecule has 0 aromatic carbocycles. The van der Waals surface area contributed by atoms with Crippen molar-refractivity contribution >= 4 is 11.8 Å². The minimum absolute atomic E-state index is 0.151. The first-order chi connectivity index (χ1) is 6.27. The van der Waals surface area contributed by atoms with Gasteiger partial charge in [-0.15, -0.1) is 0 Å². The smallest absolute Gasteiger partial charge is 0.245 e. The lowest BCUT2D eigenvalue weighted by Crippen LogP contribution is -2.58. The zero-order valence-electron chi connectivity index (χ0n) is 6.69. The standard InChI is InChI=1S/C8H8N2O3/c11-7-5-3-1-2-4(13-3)6(5)8(12)10-9-7/h1-6H,(H,9,11)(H,10,12)/t3-,4+,5-,6-/m1/s1. The van der Waals surface area contributed by atoms with Crippen LogP contribution in [0.1, 0.15) is 0 Å². The van der Waals surface area contributed by atoms with Gasteiger partial charge in [0.1, 0.15) is 0 Å². The van der Waals surface area contributed by atoms with Gasteiger partial charge in [-0.2, -0.15) is 0 Å². The van der Waals surface area contributed by atoms with Gasteiger partial charge in [0.2, 0.25) is 11.8 Å². The molecule has 3 heterocycles. The third kappa shape index (κ3) is 0.746. The number of hydrogen-bond donors (Lipinski definition) is 2. The van der Waals surface area contributed by atoms with Crippen molar-refractivity contribution in [3.05, 3.63) is 12.2 Å². The fourth-order valence-corrected chi connectivity index (χ4v) is 2.22. The van der Waals surface area contributed by atoms with Gasteiger partial charge in [-0.3, -0.25) is 20.4 Å². The number of amides is 2. The molecule has 2 bridgehead atoms. The summed E-state index contributed by atoms with van der Waals surface area (Å²) in [6.07, 6.45) is 3.29. The van der Waals surface area contributed by atoms with Crippen LogP contribution < -0.4 is 10.9 Å². The molecular weight excluding hydrogens is 172 g/mol. The van der Waals surface area contributed by atoms with Gasteiger partial charge >= 0.3 is 0 Å².